The first-order valence-electron chi connectivity index (χ1n) is 13.2. The average Bonchev–Trinajstić information content (AvgIpc) is 3.37. The molecule has 2 aromatic carbocycles. The number of hydrogen-bond acceptors (Lipinski definition) is 5. The maximum absolute atomic E-state index is 13.4. The van der Waals surface area contributed by atoms with Crippen LogP contribution in [-0.2, 0) is 19.5 Å². The molecule has 1 unspecified atom stereocenters. The van der Waals surface area contributed by atoms with Crippen LogP contribution in [-0.4, -0.2) is 26.2 Å². The molecule has 2 aliphatic heterocycles. The molecule has 1 amide bonds. The second-order valence-electron chi connectivity index (χ2n) is 10.3. The highest BCUT2D eigenvalue weighted by atomic mass is 16.2. The monoisotopic (exact) mass is 507 g/mol. The van der Waals surface area contributed by atoms with Crippen LogP contribution in [0, 0.1) is 5.92 Å². The lowest BCUT2D eigenvalue weighted by Gasteiger charge is -2.18. The number of aromatic nitrogens is 3. The average molecular weight is 508 g/mol. The molecular weight excluding hydrogens is 478 g/mol. The van der Waals surface area contributed by atoms with Gasteiger partial charge in [-0.2, -0.15) is 0 Å². The number of benzene rings is 2. The third-order valence-electron chi connectivity index (χ3n) is 7.70. The van der Waals surface area contributed by atoms with Gasteiger partial charge in [0.05, 0.1) is 17.7 Å². The van der Waals surface area contributed by atoms with Crippen LogP contribution in [0.15, 0.2) is 70.6 Å². The predicted octanol–water partition coefficient (Wildman–Crippen LogP) is 3.94. The number of para-hydroxylation sites is 1. The molecule has 0 bridgehead atoms. The van der Waals surface area contributed by atoms with E-state index in [1.807, 2.05) is 59.3 Å². The van der Waals surface area contributed by atoms with E-state index in [0.717, 1.165) is 46.9 Å². The van der Waals surface area contributed by atoms with E-state index in [4.69, 9.17) is 5.73 Å². The van der Waals surface area contributed by atoms with Gasteiger partial charge in [0.15, 0.2) is 0 Å². The molecular formula is C29H29N7O2. The molecule has 9 nitrogen and oxygen atoms in total. The summed E-state index contributed by atoms with van der Waals surface area (Å²) in [6.07, 6.45) is 7.60. The normalized spacial score (nSPS) is 17.7. The molecule has 0 saturated heterocycles. The summed E-state index contributed by atoms with van der Waals surface area (Å²) in [5, 5.41) is 6.06. The van der Waals surface area contributed by atoms with Crippen molar-refractivity contribution in [3.05, 3.63) is 88.0 Å². The number of nitrogens with one attached hydrogen (secondary N) is 2. The van der Waals surface area contributed by atoms with Crippen molar-refractivity contribution < 1.29 is 4.79 Å². The van der Waals surface area contributed by atoms with E-state index >= 15 is 0 Å². The van der Waals surface area contributed by atoms with Crippen molar-refractivity contribution >= 4 is 23.8 Å². The Morgan fingerprint density at radius 1 is 1.11 bits per heavy atom. The van der Waals surface area contributed by atoms with Gasteiger partial charge in [-0.3, -0.25) is 14.3 Å². The quantitative estimate of drug-likeness (QED) is 0.367. The highest BCUT2D eigenvalue weighted by molar-refractivity contribution is 6.05. The molecule has 1 atom stereocenters. The van der Waals surface area contributed by atoms with Crippen LogP contribution < -0.4 is 21.9 Å². The predicted molar refractivity (Wildman–Crippen MR) is 147 cm³/mol. The number of anilines is 1. The van der Waals surface area contributed by atoms with E-state index in [0.29, 0.717) is 24.6 Å². The van der Waals surface area contributed by atoms with Crippen LogP contribution in [0.4, 0.5) is 11.5 Å². The summed E-state index contributed by atoms with van der Waals surface area (Å²) < 4.78 is 5.76. The van der Waals surface area contributed by atoms with Gasteiger partial charge >= 0.3 is 0 Å². The Bertz CT molecular complexity index is 1620. The van der Waals surface area contributed by atoms with E-state index in [1.54, 1.807) is 11.0 Å². The van der Waals surface area contributed by atoms with E-state index in [1.165, 1.54) is 12.8 Å². The topological polar surface area (TPSA) is 111 Å². The molecule has 1 aliphatic carbocycles. The summed E-state index contributed by atoms with van der Waals surface area (Å²) >= 11 is 0. The minimum atomic E-state index is -0.378. The number of nitrogens with zero attached hydrogens (tertiary/aromatic N) is 4. The van der Waals surface area contributed by atoms with Crippen molar-refractivity contribution in [3.8, 4) is 16.8 Å². The SMILES string of the molecule is NC1NC=Nc2c1c(-c1ccc(NC(=O)c3c4n(n(-c5ccccc5)c3=O)CCC4)cc1)cn2CC1CC1. The number of hydrogen-bond donors (Lipinski definition) is 3. The molecule has 38 heavy (non-hydrogen) atoms. The Morgan fingerprint density at radius 3 is 2.66 bits per heavy atom. The summed E-state index contributed by atoms with van der Waals surface area (Å²) in [4.78, 5) is 31.3. The van der Waals surface area contributed by atoms with Crippen molar-refractivity contribution in [1.82, 2.24) is 19.2 Å². The molecule has 1 fully saturated rings. The van der Waals surface area contributed by atoms with Crippen molar-refractivity contribution in [2.24, 2.45) is 16.6 Å². The van der Waals surface area contributed by atoms with E-state index in [2.05, 4.69) is 26.4 Å². The lowest BCUT2D eigenvalue weighted by atomic mass is 10.0. The highest BCUT2D eigenvalue weighted by Gasteiger charge is 2.30. The van der Waals surface area contributed by atoms with Crippen molar-refractivity contribution in [3.63, 3.8) is 0 Å². The summed E-state index contributed by atoms with van der Waals surface area (Å²) in [6.45, 7) is 1.66. The standard InChI is InChI=1S/C29H29N7O2/c30-26-24-22(16-34(15-18-8-9-18)27(24)32-17-31-26)19-10-12-20(13-11-19)33-28(37)25-23-7-4-14-35(23)36(29(25)38)21-5-2-1-3-6-21/h1-3,5-6,10-13,16-18,26H,4,7-9,14-15,30H2,(H,31,32)(H,33,37). The number of carbonyl (C=O) groups excluding carboxylic acids is 1. The van der Waals surface area contributed by atoms with Gasteiger partial charge in [0.25, 0.3) is 11.5 Å². The molecule has 192 valence electrons. The van der Waals surface area contributed by atoms with Crippen LogP contribution in [0.5, 0.6) is 0 Å². The second kappa shape index (κ2) is 8.88. The first-order valence-corrected chi connectivity index (χ1v) is 13.2. The summed E-state index contributed by atoms with van der Waals surface area (Å²) in [7, 11) is 0. The number of nitrogens with two attached hydrogens (primary N) is 1. The minimum absolute atomic E-state index is 0.219. The van der Waals surface area contributed by atoms with Gasteiger partial charge in [0.2, 0.25) is 0 Å². The summed E-state index contributed by atoms with van der Waals surface area (Å²) in [5.41, 5.74) is 11.5. The molecule has 3 aliphatic rings. The van der Waals surface area contributed by atoms with Crippen LogP contribution in [0.25, 0.3) is 16.8 Å². The fraction of sp³-hybridized carbons (Fsp3) is 0.276. The number of fused-ring (bicyclic) bond motifs is 2. The van der Waals surface area contributed by atoms with Crippen molar-refractivity contribution in [2.75, 3.05) is 5.32 Å². The van der Waals surface area contributed by atoms with Crippen LogP contribution in [0.3, 0.4) is 0 Å². The molecule has 2 aromatic heterocycles. The molecule has 0 radical (unpaired) electrons. The van der Waals surface area contributed by atoms with Gasteiger partial charge in [-0.25, -0.2) is 9.67 Å². The van der Waals surface area contributed by atoms with E-state index in [-0.39, 0.29) is 23.2 Å². The number of amides is 1. The first-order chi connectivity index (χ1) is 18.6. The van der Waals surface area contributed by atoms with Gasteiger partial charge in [-0.05, 0) is 61.4 Å². The Labute approximate surface area is 219 Å². The van der Waals surface area contributed by atoms with E-state index in [9.17, 15) is 9.59 Å². The molecule has 7 rings (SSSR count). The van der Waals surface area contributed by atoms with Crippen LogP contribution in [0.1, 0.15) is 47.0 Å². The van der Waals surface area contributed by atoms with Gasteiger partial charge in [0.1, 0.15) is 17.5 Å². The fourth-order valence-corrected chi connectivity index (χ4v) is 5.68. The van der Waals surface area contributed by atoms with Crippen molar-refractivity contribution in [2.45, 2.75) is 44.9 Å². The number of rotatable bonds is 6. The van der Waals surface area contributed by atoms with E-state index < -0.39 is 0 Å². The largest absolute Gasteiger partial charge is 0.357 e. The van der Waals surface area contributed by atoms with Gasteiger partial charge in [0, 0.05) is 36.1 Å². The Hall–Kier alpha value is -4.37. The molecule has 0 spiro atoms. The Morgan fingerprint density at radius 2 is 1.89 bits per heavy atom. The molecule has 9 heteroatoms. The van der Waals surface area contributed by atoms with Gasteiger partial charge in [-0.1, -0.05) is 30.3 Å². The fourth-order valence-electron chi connectivity index (χ4n) is 5.68. The maximum Gasteiger partial charge on any atom is 0.284 e. The van der Waals surface area contributed by atoms with Crippen LogP contribution in [0.2, 0.25) is 0 Å². The zero-order valence-electron chi connectivity index (χ0n) is 20.9. The Kier molecular flexibility index (Phi) is 5.33. The van der Waals surface area contributed by atoms with Crippen LogP contribution >= 0.6 is 0 Å². The lowest BCUT2D eigenvalue weighted by molar-refractivity contribution is 0.102. The minimum Gasteiger partial charge on any atom is -0.357 e. The van der Waals surface area contributed by atoms with Crippen molar-refractivity contribution in [1.29, 1.82) is 0 Å². The second-order valence-corrected chi connectivity index (χ2v) is 10.3. The molecule has 4 N–H and O–H groups in total. The zero-order chi connectivity index (χ0) is 25.8. The molecule has 4 heterocycles. The lowest BCUT2D eigenvalue weighted by Crippen LogP contribution is -2.30. The number of aliphatic imine (C=N–C) groups is 1. The zero-order valence-corrected chi connectivity index (χ0v) is 20.9. The third-order valence-corrected chi connectivity index (χ3v) is 7.70. The Balaban J connectivity index is 1.18. The summed E-state index contributed by atoms with van der Waals surface area (Å²) in [5.74, 6) is 1.24. The number of carbonyl (C=O) groups is 1. The van der Waals surface area contributed by atoms with Gasteiger partial charge < -0.3 is 20.9 Å². The summed E-state index contributed by atoms with van der Waals surface area (Å²) in [6, 6.07) is 17.2. The molecule has 1 saturated carbocycles. The maximum atomic E-state index is 13.4. The third kappa shape index (κ3) is 3.78. The van der Waals surface area contributed by atoms with Gasteiger partial charge in [-0.15, -0.1) is 0 Å². The molecule has 4 aromatic rings. The first kappa shape index (κ1) is 22.8. The smallest absolute Gasteiger partial charge is 0.284 e. The highest BCUT2D eigenvalue weighted by Crippen LogP contribution is 2.40.